The highest BCUT2D eigenvalue weighted by molar-refractivity contribution is 7.88. The van der Waals surface area contributed by atoms with E-state index in [2.05, 4.69) is 5.32 Å². The average Bonchev–Trinajstić information content (AvgIpc) is 2.58. The fraction of sp³-hybridized carbons (Fsp3) is 0.562. The van der Waals surface area contributed by atoms with E-state index in [0.29, 0.717) is 37.4 Å². The van der Waals surface area contributed by atoms with Crippen molar-refractivity contribution in [3.05, 3.63) is 23.8 Å². The Bertz CT molecular complexity index is 690. The molecule has 1 aliphatic heterocycles. The molecule has 1 aromatic rings. The Morgan fingerprint density at radius 3 is 2.71 bits per heavy atom. The number of ether oxygens (including phenoxy) is 2. The van der Waals surface area contributed by atoms with Crippen LogP contribution in [-0.4, -0.2) is 52.2 Å². The van der Waals surface area contributed by atoms with Crippen molar-refractivity contribution >= 4 is 15.9 Å². The summed E-state index contributed by atoms with van der Waals surface area (Å²) in [5, 5.41) is 2.87. The minimum absolute atomic E-state index is 0.138. The number of amides is 1. The first-order chi connectivity index (χ1) is 11.3. The van der Waals surface area contributed by atoms with E-state index in [-0.39, 0.29) is 18.4 Å². The maximum absolute atomic E-state index is 12.4. The molecule has 1 unspecified atom stereocenters. The van der Waals surface area contributed by atoms with Crippen LogP contribution in [0.1, 0.15) is 18.4 Å². The van der Waals surface area contributed by atoms with E-state index < -0.39 is 10.0 Å². The van der Waals surface area contributed by atoms with Gasteiger partial charge in [-0.15, -0.1) is 0 Å². The zero-order valence-electron chi connectivity index (χ0n) is 14.2. The topological polar surface area (TPSA) is 84.9 Å². The van der Waals surface area contributed by atoms with Crippen molar-refractivity contribution in [2.24, 2.45) is 5.92 Å². The van der Waals surface area contributed by atoms with Gasteiger partial charge in [-0.3, -0.25) is 4.79 Å². The highest BCUT2D eigenvalue weighted by Gasteiger charge is 2.30. The number of hydrogen-bond acceptors (Lipinski definition) is 5. The minimum atomic E-state index is -3.26. The van der Waals surface area contributed by atoms with Crippen LogP contribution in [0.5, 0.6) is 11.5 Å². The Kier molecular flexibility index (Phi) is 6.06. The van der Waals surface area contributed by atoms with Crippen LogP contribution in [0.15, 0.2) is 18.2 Å². The number of carbonyl (C=O) groups is 1. The summed E-state index contributed by atoms with van der Waals surface area (Å²) in [5.41, 5.74) is 0.836. The third-order valence-corrected chi connectivity index (χ3v) is 5.44. The van der Waals surface area contributed by atoms with Crippen molar-refractivity contribution in [3.63, 3.8) is 0 Å². The summed E-state index contributed by atoms with van der Waals surface area (Å²) < 4.78 is 35.1. The SMILES string of the molecule is COc1ccc(CNC(=O)C2CCCN(S(C)(=O)=O)C2)c(OC)c1. The van der Waals surface area contributed by atoms with Gasteiger partial charge in [0, 0.05) is 31.3 Å². The third-order valence-electron chi connectivity index (χ3n) is 4.17. The van der Waals surface area contributed by atoms with Gasteiger partial charge in [0.25, 0.3) is 0 Å². The number of rotatable bonds is 6. The summed E-state index contributed by atoms with van der Waals surface area (Å²) in [6, 6.07) is 5.39. The highest BCUT2D eigenvalue weighted by Crippen LogP contribution is 2.25. The van der Waals surface area contributed by atoms with Gasteiger partial charge in [0.15, 0.2) is 0 Å². The number of methoxy groups -OCH3 is 2. The third kappa shape index (κ3) is 4.61. The van der Waals surface area contributed by atoms with Gasteiger partial charge in [-0.25, -0.2) is 12.7 Å². The Hall–Kier alpha value is -1.80. The molecule has 24 heavy (non-hydrogen) atoms. The molecule has 1 saturated heterocycles. The van der Waals surface area contributed by atoms with Gasteiger partial charge in [-0.05, 0) is 25.0 Å². The molecular weight excluding hydrogens is 332 g/mol. The van der Waals surface area contributed by atoms with Crippen LogP contribution in [0, 0.1) is 5.92 Å². The van der Waals surface area contributed by atoms with Crippen LogP contribution in [-0.2, 0) is 21.4 Å². The maximum Gasteiger partial charge on any atom is 0.224 e. The van der Waals surface area contributed by atoms with Crippen LogP contribution < -0.4 is 14.8 Å². The number of benzene rings is 1. The molecule has 2 rings (SSSR count). The second kappa shape index (κ2) is 7.85. The molecule has 1 aromatic carbocycles. The molecule has 8 heteroatoms. The number of nitrogens with zero attached hydrogens (tertiary/aromatic N) is 1. The van der Waals surface area contributed by atoms with E-state index in [1.165, 1.54) is 10.6 Å². The van der Waals surface area contributed by atoms with Gasteiger partial charge in [-0.2, -0.15) is 0 Å². The van der Waals surface area contributed by atoms with E-state index in [9.17, 15) is 13.2 Å². The molecule has 1 heterocycles. The number of sulfonamides is 1. The Morgan fingerprint density at radius 2 is 2.08 bits per heavy atom. The molecule has 0 radical (unpaired) electrons. The van der Waals surface area contributed by atoms with Crippen LogP contribution in [0.25, 0.3) is 0 Å². The predicted molar refractivity (Wildman–Crippen MR) is 90.5 cm³/mol. The lowest BCUT2D eigenvalue weighted by atomic mass is 9.98. The van der Waals surface area contributed by atoms with Crippen molar-refractivity contribution in [1.29, 1.82) is 0 Å². The lowest BCUT2D eigenvalue weighted by molar-refractivity contribution is -0.126. The molecule has 0 aliphatic carbocycles. The first-order valence-corrected chi connectivity index (χ1v) is 9.63. The predicted octanol–water partition coefficient (Wildman–Crippen LogP) is 0.992. The fourth-order valence-electron chi connectivity index (χ4n) is 2.78. The summed E-state index contributed by atoms with van der Waals surface area (Å²) in [7, 11) is -0.121. The molecule has 1 N–H and O–H groups in total. The van der Waals surface area contributed by atoms with Crippen LogP contribution >= 0.6 is 0 Å². The molecule has 1 atom stereocenters. The maximum atomic E-state index is 12.4. The van der Waals surface area contributed by atoms with Gasteiger partial charge in [0.2, 0.25) is 15.9 Å². The molecule has 7 nitrogen and oxygen atoms in total. The first-order valence-electron chi connectivity index (χ1n) is 7.79. The number of carbonyl (C=O) groups excluding carboxylic acids is 1. The number of piperidine rings is 1. The number of nitrogens with one attached hydrogen (secondary N) is 1. The van der Waals surface area contributed by atoms with E-state index in [1.807, 2.05) is 6.07 Å². The van der Waals surface area contributed by atoms with Gasteiger partial charge < -0.3 is 14.8 Å². The largest absolute Gasteiger partial charge is 0.497 e. The monoisotopic (exact) mass is 356 g/mol. The van der Waals surface area contributed by atoms with Gasteiger partial charge in [-0.1, -0.05) is 0 Å². The van der Waals surface area contributed by atoms with Gasteiger partial charge in [0.05, 0.1) is 26.4 Å². The van der Waals surface area contributed by atoms with E-state index in [0.717, 1.165) is 5.56 Å². The second-order valence-corrected chi connectivity index (χ2v) is 7.84. The zero-order chi connectivity index (χ0) is 17.7. The molecule has 1 aliphatic rings. The summed E-state index contributed by atoms with van der Waals surface area (Å²) in [6.07, 6.45) is 2.56. The van der Waals surface area contributed by atoms with Gasteiger partial charge in [0.1, 0.15) is 11.5 Å². The summed E-state index contributed by atoms with van der Waals surface area (Å²) in [4.78, 5) is 12.4. The highest BCUT2D eigenvalue weighted by atomic mass is 32.2. The molecule has 0 aromatic heterocycles. The molecule has 1 amide bonds. The zero-order valence-corrected chi connectivity index (χ0v) is 15.1. The van der Waals surface area contributed by atoms with Crippen molar-refractivity contribution in [3.8, 4) is 11.5 Å². The van der Waals surface area contributed by atoms with Crippen LogP contribution in [0.4, 0.5) is 0 Å². The van der Waals surface area contributed by atoms with Gasteiger partial charge >= 0.3 is 0 Å². The summed E-state index contributed by atoms with van der Waals surface area (Å²) >= 11 is 0. The molecular formula is C16H24N2O5S. The Labute approximate surface area is 143 Å². The van der Waals surface area contributed by atoms with Crippen LogP contribution in [0.2, 0.25) is 0 Å². The lowest BCUT2D eigenvalue weighted by Gasteiger charge is -2.30. The average molecular weight is 356 g/mol. The first kappa shape index (κ1) is 18.5. The van der Waals surface area contributed by atoms with Crippen molar-refractivity contribution < 1.29 is 22.7 Å². The van der Waals surface area contributed by atoms with E-state index in [1.54, 1.807) is 26.4 Å². The quantitative estimate of drug-likeness (QED) is 0.822. The fourth-order valence-corrected chi connectivity index (χ4v) is 3.69. The van der Waals surface area contributed by atoms with E-state index in [4.69, 9.17) is 9.47 Å². The van der Waals surface area contributed by atoms with Crippen LogP contribution in [0.3, 0.4) is 0 Å². The standard InChI is InChI=1S/C16H24N2O5S/c1-22-14-7-6-12(15(9-14)23-2)10-17-16(19)13-5-4-8-18(11-13)24(3,20)21/h6-7,9,13H,4-5,8,10-11H2,1-3H3,(H,17,19). The molecule has 0 bridgehead atoms. The van der Waals surface area contributed by atoms with Crippen molar-refractivity contribution in [2.75, 3.05) is 33.6 Å². The molecule has 1 fully saturated rings. The Balaban J connectivity index is 1.98. The van der Waals surface area contributed by atoms with Crippen molar-refractivity contribution in [2.45, 2.75) is 19.4 Å². The number of hydrogen-bond donors (Lipinski definition) is 1. The molecule has 134 valence electrons. The molecule has 0 saturated carbocycles. The minimum Gasteiger partial charge on any atom is -0.497 e. The lowest BCUT2D eigenvalue weighted by Crippen LogP contribution is -2.44. The molecule has 0 spiro atoms. The van der Waals surface area contributed by atoms with E-state index >= 15 is 0 Å². The summed E-state index contributed by atoms with van der Waals surface area (Å²) in [5.74, 6) is 0.855. The summed E-state index contributed by atoms with van der Waals surface area (Å²) in [6.45, 7) is 1.04. The normalized spacial score (nSPS) is 18.9. The smallest absolute Gasteiger partial charge is 0.224 e. The van der Waals surface area contributed by atoms with Crippen molar-refractivity contribution in [1.82, 2.24) is 9.62 Å². The Morgan fingerprint density at radius 1 is 1.33 bits per heavy atom. The second-order valence-electron chi connectivity index (χ2n) is 5.86.